The quantitative estimate of drug-likeness (QED) is 0.728. The van der Waals surface area contributed by atoms with E-state index in [-0.39, 0.29) is 6.04 Å². The van der Waals surface area contributed by atoms with Crippen molar-refractivity contribution in [2.24, 2.45) is 5.73 Å². The highest BCUT2D eigenvalue weighted by Gasteiger charge is 2.04. The third kappa shape index (κ3) is 4.39. The normalized spacial score (nSPS) is 12.5. The maximum Gasteiger partial charge on any atom is 0.0363 e. The molecule has 0 aliphatic heterocycles. The highest BCUT2D eigenvalue weighted by atomic mass is 15.1. The molecule has 0 bridgehead atoms. The molecular weight excluding hydrogens is 208 g/mol. The predicted molar refractivity (Wildman–Crippen MR) is 76.5 cm³/mol. The molecule has 1 rings (SSSR count). The molecule has 0 aliphatic carbocycles. The lowest BCUT2D eigenvalue weighted by molar-refractivity contribution is 0.696. The smallest absolute Gasteiger partial charge is 0.0363 e. The Morgan fingerprint density at radius 2 is 1.76 bits per heavy atom. The monoisotopic (exact) mass is 234 g/mol. The summed E-state index contributed by atoms with van der Waals surface area (Å²) in [6.45, 7) is 5.49. The molecule has 2 heteroatoms. The van der Waals surface area contributed by atoms with E-state index in [4.69, 9.17) is 5.73 Å². The van der Waals surface area contributed by atoms with Gasteiger partial charge < -0.3 is 10.6 Å². The standard InChI is InChI=1S/C15H26N2/c1-4-6-7-12-17(3)14-10-8-13(9-11-14)15(16)5-2/h8-11,15H,4-7,12,16H2,1-3H3. The van der Waals surface area contributed by atoms with Gasteiger partial charge in [0.25, 0.3) is 0 Å². The fourth-order valence-corrected chi connectivity index (χ4v) is 1.94. The lowest BCUT2D eigenvalue weighted by Crippen LogP contribution is -2.18. The van der Waals surface area contributed by atoms with Crippen LogP contribution in [0, 0.1) is 0 Å². The molecule has 1 unspecified atom stereocenters. The van der Waals surface area contributed by atoms with Gasteiger partial charge in [-0.3, -0.25) is 0 Å². The van der Waals surface area contributed by atoms with Crippen LogP contribution in [0.3, 0.4) is 0 Å². The largest absolute Gasteiger partial charge is 0.375 e. The molecule has 0 aromatic heterocycles. The van der Waals surface area contributed by atoms with Crippen LogP contribution in [0.1, 0.15) is 51.1 Å². The summed E-state index contributed by atoms with van der Waals surface area (Å²) in [4.78, 5) is 2.32. The minimum absolute atomic E-state index is 0.175. The molecular formula is C15H26N2. The topological polar surface area (TPSA) is 29.3 Å². The van der Waals surface area contributed by atoms with Gasteiger partial charge in [-0.05, 0) is 30.5 Å². The number of rotatable bonds is 7. The molecule has 0 saturated heterocycles. The Morgan fingerprint density at radius 3 is 2.29 bits per heavy atom. The molecule has 1 aromatic rings. The van der Waals surface area contributed by atoms with Crippen LogP contribution < -0.4 is 10.6 Å². The maximum atomic E-state index is 6.01. The van der Waals surface area contributed by atoms with Gasteiger partial charge in [0.05, 0.1) is 0 Å². The Kier molecular flexibility index (Phi) is 6.06. The molecule has 2 nitrogen and oxygen atoms in total. The maximum absolute atomic E-state index is 6.01. The zero-order chi connectivity index (χ0) is 12.7. The molecule has 17 heavy (non-hydrogen) atoms. The first-order valence-corrected chi connectivity index (χ1v) is 6.75. The third-order valence-electron chi connectivity index (χ3n) is 3.30. The van der Waals surface area contributed by atoms with Crippen LogP contribution in [-0.4, -0.2) is 13.6 Å². The highest BCUT2D eigenvalue weighted by molar-refractivity contribution is 5.47. The summed E-state index contributed by atoms with van der Waals surface area (Å²) in [5.74, 6) is 0. The fraction of sp³-hybridized carbons (Fsp3) is 0.600. The van der Waals surface area contributed by atoms with Crippen LogP contribution in [0.15, 0.2) is 24.3 Å². The van der Waals surface area contributed by atoms with Gasteiger partial charge in [-0.1, -0.05) is 38.8 Å². The van der Waals surface area contributed by atoms with Gasteiger partial charge in [0.15, 0.2) is 0 Å². The second-order valence-electron chi connectivity index (χ2n) is 4.73. The fourth-order valence-electron chi connectivity index (χ4n) is 1.94. The average Bonchev–Trinajstić information content (AvgIpc) is 2.38. The van der Waals surface area contributed by atoms with E-state index in [1.807, 2.05) is 0 Å². The zero-order valence-corrected chi connectivity index (χ0v) is 11.4. The van der Waals surface area contributed by atoms with Gasteiger partial charge in [0.2, 0.25) is 0 Å². The third-order valence-corrected chi connectivity index (χ3v) is 3.30. The van der Waals surface area contributed by atoms with Crippen molar-refractivity contribution in [3.8, 4) is 0 Å². The first-order valence-electron chi connectivity index (χ1n) is 6.75. The van der Waals surface area contributed by atoms with Crippen molar-refractivity contribution in [2.45, 2.75) is 45.6 Å². The summed E-state index contributed by atoms with van der Waals surface area (Å²) in [6.07, 6.45) is 4.84. The van der Waals surface area contributed by atoms with Gasteiger partial charge in [0, 0.05) is 25.3 Å². The summed E-state index contributed by atoms with van der Waals surface area (Å²) < 4.78 is 0. The number of nitrogens with zero attached hydrogens (tertiary/aromatic N) is 1. The predicted octanol–water partition coefficient (Wildman–Crippen LogP) is 3.72. The second-order valence-corrected chi connectivity index (χ2v) is 4.73. The summed E-state index contributed by atoms with van der Waals surface area (Å²) >= 11 is 0. The molecule has 1 atom stereocenters. The number of nitrogens with two attached hydrogens (primary N) is 1. The van der Waals surface area contributed by atoms with Crippen LogP contribution in [0.5, 0.6) is 0 Å². The number of hydrogen-bond acceptors (Lipinski definition) is 2. The molecule has 0 aliphatic rings. The lowest BCUT2D eigenvalue weighted by atomic mass is 10.1. The van der Waals surface area contributed by atoms with Gasteiger partial charge in [0.1, 0.15) is 0 Å². The summed E-state index contributed by atoms with van der Waals surface area (Å²) in [5.41, 5.74) is 8.52. The number of anilines is 1. The van der Waals surface area contributed by atoms with E-state index >= 15 is 0 Å². The van der Waals surface area contributed by atoms with Crippen molar-refractivity contribution in [1.82, 2.24) is 0 Å². The van der Waals surface area contributed by atoms with E-state index in [9.17, 15) is 0 Å². The number of hydrogen-bond donors (Lipinski definition) is 1. The van der Waals surface area contributed by atoms with Gasteiger partial charge in [-0.2, -0.15) is 0 Å². The Hall–Kier alpha value is -1.02. The van der Waals surface area contributed by atoms with Crippen LogP contribution >= 0.6 is 0 Å². The SMILES string of the molecule is CCCCCN(C)c1ccc(C(N)CC)cc1. The Morgan fingerprint density at radius 1 is 1.12 bits per heavy atom. The van der Waals surface area contributed by atoms with E-state index < -0.39 is 0 Å². The van der Waals surface area contributed by atoms with Crippen molar-refractivity contribution in [1.29, 1.82) is 0 Å². The first kappa shape index (κ1) is 14.0. The van der Waals surface area contributed by atoms with Crippen LogP contribution in [0.25, 0.3) is 0 Å². The minimum Gasteiger partial charge on any atom is -0.375 e. The summed E-state index contributed by atoms with van der Waals surface area (Å²) in [7, 11) is 2.16. The van der Waals surface area contributed by atoms with Crippen LogP contribution in [0.4, 0.5) is 5.69 Å². The van der Waals surface area contributed by atoms with Crippen molar-refractivity contribution in [2.75, 3.05) is 18.5 Å². The highest BCUT2D eigenvalue weighted by Crippen LogP contribution is 2.19. The van der Waals surface area contributed by atoms with Crippen LogP contribution in [0.2, 0.25) is 0 Å². The van der Waals surface area contributed by atoms with Gasteiger partial charge in [-0.15, -0.1) is 0 Å². The number of benzene rings is 1. The summed E-state index contributed by atoms with van der Waals surface area (Å²) in [5, 5.41) is 0. The zero-order valence-electron chi connectivity index (χ0n) is 11.4. The first-order chi connectivity index (χ1) is 8.19. The van der Waals surface area contributed by atoms with Crippen molar-refractivity contribution >= 4 is 5.69 Å². The average molecular weight is 234 g/mol. The Bertz CT molecular complexity index is 305. The molecule has 0 spiro atoms. The molecule has 0 radical (unpaired) electrons. The minimum atomic E-state index is 0.175. The van der Waals surface area contributed by atoms with E-state index in [0.717, 1.165) is 13.0 Å². The van der Waals surface area contributed by atoms with E-state index in [1.54, 1.807) is 0 Å². The Labute approximate surface area is 106 Å². The summed E-state index contributed by atoms with van der Waals surface area (Å²) in [6, 6.07) is 8.84. The number of unbranched alkanes of at least 4 members (excludes halogenated alkanes) is 2. The molecule has 0 heterocycles. The molecule has 1 aromatic carbocycles. The Balaban J connectivity index is 2.54. The van der Waals surface area contributed by atoms with E-state index in [0.29, 0.717) is 0 Å². The molecule has 96 valence electrons. The van der Waals surface area contributed by atoms with Crippen LogP contribution in [-0.2, 0) is 0 Å². The van der Waals surface area contributed by atoms with Gasteiger partial charge in [-0.25, -0.2) is 0 Å². The van der Waals surface area contributed by atoms with Crippen molar-refractivity contribution < 1.29 is 0 Å². The molecule has 0 fully saturated rings. The van der Waals surface area contributed by atoms with Crippen molar-refractivity contribution in [3.05, 3.63) is 29.8 Å². The van der Waals surface area contributed by atoms with E-state index in [1.165, 1.54) is 30.5 Å². The van der Waals surface area contributed by atoms with Crippen molar-refractivity contribution in [3.63, 3.8) is 0 Å². The van der Waals surface area contributed by atoms with Gasteiger partial charge >= 0.3 is 0 Å². The molecule has 0 saturated carbocycles. The second kappa shape index (κ2) is 7.33. The molecule has 2 N–H and O–H groups in total. The lowest BCUT2D eigenvalue weighted by Gasteiger charge is -2.20. The molecule has 0 amide bonds. The van der Waals surface area contributed by atoms with E-state index in [2.05, 4.69) is 50.1 Å².